The van der Waals surface area contributed by atoms with E-state index in [2.05, 4.69) is 23.8 Å². The van der Waals surface area contributed by atoms with Crippen molar-refractivity contribution in [3.05, 3.63) is 35.9 Å². The third-order valence-electron chi connectivity index (χ3n) is 1.08. The molecule has 0 unspecified atom stereocenters. The second-order valence-electron chi connectivity index (χ2n) is 2.05. The van der Waals surface area contributed by atoms with E-state index in [4.69, 9.17) is 9.90 Å². The van der Waals surface area contributed by atoms with E-state index in [0.29, 0.717) is 0 Å². The van der Waals surface area contributed by atoms with Crippen LogP contribution in [0.2, 0.25) is 0 Å². The molecular formula is C9H12O3. The van der Waals surface area contributed by atoms with Crippen molar-refractivity contribution in [1.29, 1.82) is 0 Å². The fourth-order valence-electron chi connectivity index (χ4n) is 0.565. The lowest BCUT2D eigenvalue weighted by Crippen LogP contribution is -1.85. The van der Waals surface area contributed by atoms with E-state index in [1.54, 1.807) is 0 Å². The first kappa shape index (κ1) is 10.7. The van der Waals surface area contributed by atoms with Gasteiger partial charge in [-0.1, -0.05) is 35.9 Å². The maximum Gasteiger partial charge on any atom is 0.295 e. The molecule has 0 amide bonds. The van der Waals surface area contributed by atoms with E-state index in [1.807, 2.05) is 18.2 Å². The predicted octanol–water partition coefficient (Wildman–Crippen LogP) is 1.10. The number of aliphatic hydroxyl groups excluding tert-OH is 1. The highest BCUT2D eigenvalue weighted by Crippen LogP contribution is 1.92. The van der Waals surface area contributed by atoms with Crippen molar-refractivity contribution in [3.8, 4) is 0 Å². The average molecular weight is 168 g/mol. The van der Waals surface area contributed by atoms with Crippen LogP contribution < -0.4 is 0 Å². The first-order valence-electron chi connectivity index (χ1n) is 3.49. The van der Waals surface area contributed by atoms with Crippen molar-refractivity contribution in [2.24, 2.45) is 0 Å². The zero-order valence-corrected chi connectivity index (χ0v) is 6.93. The molecule has 0 saturated carbocycles. The van der Waals surface area contributed by atoms with Gasteiger partial charge in [0.25, 0.3) is 6.47 Å². The molecule has 1 rings (SSSR count). The van der Waals surface area contributed by atoms with Crippen LogP contribution in [0.5, 0.6) is 0 Å². The van der Waals surface area contributed by atoms with E-state index < -0.39 is 6.79 Å². The Kier molecular flexibility index (Phi) is 6.88. The van der Waals surface area contributed by atoms with Crippen LogP contribution in [-0.4, -0.2) is 18.4 Å². The number of aryl methyl sites for hydroxylation is 1. The molecule has 0 heterocycles. The molecule has 0 saturated heterocycles. The smallest absolute Gasteiger partial charge is 0.295 e. The zero-order chi connectivity index (χ0) is 9.23. The van der Waals surface area contributed by atoms with Crippen LogP contribution in [0, 0.1) is 6.92 Å². The largest absolute Gasteiger partial charge is 0.441 e. The molecule has 1 aromatic rings. The molecule has 0 atom stereocenters. The molecule has 0 aliphatic carbocycles. The van der Waals surface area contributed by atoms with Crippen LogP contribution in [0.4, 0.5) is 0 Å². The highest BCUT2D eigenvalue weighted by Gasteiger charge is 1.72. The predicted molar refractivity (Wildman–Crippen MR) is 45.4 cm³/mol. The summed E-state index contributed by atoms with van der Waals surface area (Å²) in [4.78, 5) is 9.02. The fraction of sp³-hybridized carbons (Fsp3) is 0.222. The zero-order valence-electron chi connectivity index (χ0n) is 6.93. The Morgan fingerprint density at radius 2 is 2.00 bits per heavy atom. The van der Waals surface area contributed by atoms with Gasteiger partial charge in [-0.25, -0.2) is 0 Å². The molecule has 0 aromatic heterocycles. The minimum atomic E-state index is -0.524. The Labute approximate surface area is 71.6 Å². The van der Waals surface area contributed by atoms with Gasteiger partial charge in [0.05, 0.1) is 0 Å². The summed E-state index contributed by atoms with van der Waals surface area (Å²) in [5.41, 5.74) is 1.32. The summed E-state index contributed by atoms with van der Waals surface area (Å²) in [6, 6.07) is 10.3. The van der Waals surface area contributed by atoms with Crippen molar-refractivity contribution in [2.75, 3.05) is 6.79 Å². The fourth-order valence-corrected chi connectivity index (χ4v) is 0.565. The second-order valence-corrected chi connectivity index (χ2v) is 2.05. The molecule has 0 aliphatic heterocycles. The summed E-state index contributed by atoms with van der Waals surface area (Å²) in [6.07, 6.45) is 0. The van der Waals surface area contributed by atoms with Crippen LogP contribution in [-0.2, 0) is 9.53 Å². The summed E-state index contributed by atoms with van der Waals surface area (Å²) >= 11 is 0. The van der Waals surface area contributed by atoms with E-state index in [-0.39, 0.29) is 6.47 Å². The minimum Gasteiger partial charge on any atom is -0.441 e. The van der Waals surface area contributed by atoms with Crippen LogP contribution in [0.25, 0.3) is 0 Å². The third kappa shape index (κ3) is 6.77. The monoisotopic (exact) mass is 168 g/mol. The first-order valence-corrected chi connectivity index (χ1v) is 3.49. The highest BCUT2D eigenvalue weighted by atomic mass is 16.6. The number of ether oxygens (including phenoxy) is 1. The number of aliphatic hydroxyl groups is 1. The number of hydrogen-bond acceptors (Lipinski definition) is 3. The van der Waals surface area contributed by atoms with E-state index in [9.17, 15) is 0 Å². The number of carbonyl (C=O) groups is 1. The molecule has 12 heavy (non-hydrogen) atoms. The third-order valence-corrected chi connectivity index (χ3v) is 1.08. The Morgan fingerprint density at radius 1 is 1.42 bits per heavy atom. The molecule has 0 radical (unpaired) electrons. The molecule has 3 nitrogen and oxygen atoms in total. The Balaban J connectivity index is 0.000000217. The molecule has 1 N–H and O–H groups in total. The quantitative estimate of drug-likeness (QED) is 0.531. The summed E-state index contributed by atoms with van der Waals surface area (Å²) < 4.78 is 3.71. The topological polar surface area (TPSA) is 46.5 Å². The number of carbonyl (C=O) groups excluding carboxylic acids is 1. The van der Waals surface area contributed by atoms with Crippen molar-refractivity contribution in [3.63, 3.8) is 0 Å². The van der Waals surface area contributed by atoms with Gasteiger partial charge < -0.3 is 9.84 Å². The van der Waals surface area contributed by atoms with Crippen LogP contribution in [0.15, 0.2) is 30.3 Å². The standard InChI is InChI=1S/C7H8.C2H4O3/c1-7-5-3-2-4-6-7;3-1-5-2-4/h2-6H,1H3;1,4H,2H2. The van der Waals surface area contributed by atoms with Crippen LogP contribution in [0.1, 0.15) is 5.56 Å². The molecule has 0 aliphatic rings. The van der Waals surface area contributed by atoms with Crippen molar-refractivity contribution in [1.82, 2.24) is 0 Å². The maximum absolute atomic E-state index is 9.02. The summed E-state index contributed by atoms with van der Waals surface area (Å²) in [7, 11) is 0. The molecule has 0 bridgehead atoms. The number of hydrogen-bond donors (Lipinski definition) is 1. The van der Waals surface area contributed by atoms with Crippen molar-refractivity contribution >= 4 is 6.47 Å². The highest BCUT2D eigenvalue weighted by molar-refractivity contribution is 5.36. The molecule has 1 aromatic carbocycles. The molecule has 3 heteroatoms. The second kappa shape index (κ2) is 7.75. The maximum atomic E-state index is 9.02. The number of benzene rings is 1. The van der Waals surface area contributed by atoms with Crippen LogP contribution >= 0.6 is 0 Å². The van der Waals surface area contributed by atoms with Gasteiger partial charge in [0.15, 0.2) is 6.79 Å². The lowest BCUT2D eigenvalue weighted by molar-refractivity contribution is -0.136. The normalized spacial score (nSPS) is 7.83. The van der Waals surface area contributed by atoms with Gasteiger partial charge in [-0.2, -0.15) is 0 Å². The van der Waals surface area contributed by atoms with Gasteiger partial charge in [0.1, 0.15) is 0 Å². The lowest BCUT2D eigenvalue weighted by Gasteiger charge is -1.82. The average Bonchev–Trinajstić information content (AvgIpc) is 2.08. The molecule has 66 valence electrons. The molecule has 0 spiro atoms. The van der Waals surface area contributed by atoms with Crippen molar-refractivity contribution < 1.29 is 14.6 Å². The minimum absolute atomic E-state index is 0.181. The van der Waals surface area contributed by atoms with Crippen molar-refractivity contribution in [2.45, 2.75) is 6.92 Å². The van der Waals surface area contributed by atoms with Gasteiger partial charge in [0, 0.05) is 0 Å². The van der Waals surface area contributed by atoms with Gasteiger partial charge in [0.2, 0.25) is 0 Å². The molecular weight excluding hydrogens is 156 g/mol. The van der Waals surface area contributed by atoms with E-state index in [1.165, 1.54) is 5.56 Å². The summed E-state index contributed by atoms with van der Waals surface area (Å²) in [5.74, 6) is 0. The van der Waals surface area contributed by atoms with Gasteiger partial charge >= 0.3 is 0 Å². The van der Waals surface area contributed by atoms with Gasteiger partial charge in [-0.3, -0.25) is 4.79 Å². The number of rotatable bonds is 2. The SMILES string of the molecule is Cc1ccccc1.O=COCO. The first-order chi connectivity index (χ1) is 5.81. The Hall–Kier alpha value is -1.35. The summed E-state index contributed by atoms with van der Waals surface area (Å²) in [6.45, 7) is 1.74. The summed E-state index contributed by atoms with van der Waals surface area (Å²) in [5, 5.41) is 7.61. The lowest BCUT2D eigenvalue weighted by atomic mass is 10.2. The molecule has 0 fully saturated rings. The Bertz CT molecular complexity index is 196. The van der Waals surface area contributed by atoms with E-state index in [0.717, 1.165) is 0 Å². The van der Waals surface area contributed by atoms with Gasteiger partial charge in [-0.15, -0.1) is 0 Å². The van der Waals surface area contributed by atoms with Gasteiger partial charge in [-0.05, 0) is 6.92 Å². The van der Waals surface area contributed by atoms with Crippen LogP contribution in [0.3, 0.4) is 0 Å². The Morgan fingerprint density at radius 3 is 2.17 bits per heavy atom. The van der Waals surface area contributed by atoms with E-state index >= 15 is 0 Å².